The maximum atomic E-state index is 12.8. The largest absolute Gasteiger partial charge is 0.494 e. The Morgan fingerprint density at radius 2 is 1.90 bits per heavy atom. The van der Waals surface area contributed by atoms with Gasteiger partial charge in [-0.2, -0.15) is 0 Å². The van der Waals surface area contributed by atoms with Crippen molar-refractivity contribution in [3.63, 3.8) is 0 Å². The third-order valence-electron chi connectivity index (χ3n) is 4.99. The molecule has 1 aliphatic heterocycles. The molecule has 2 heterocycles. The molecule has 0 bridgehead atoms. The molecule has 0 radical (unpaired) electrons. The highest BCUT2D eigenvalue weighted by molar-refractivity contribution is 7.99. The van der Waals surface area contributed by atoms with Crippen LogP contribution in [0, 0.1) is 6.92 Å². The monoisotopic (exact) mass is 438 g/mol. The van der Waals surface area contributed by atoms with Gasteiger partial charge in [-0.1, -0.05) is 23.9 Å². The van der Waals surface area contributed by atoms with Crippen LogP contribution in [-0.4, -0.2) is 59.2 Å². The Hall–Kier alpha value is -2.84. The highest BCUT2D eigenvalue weighted by atomic mass is 32.2. The Labute approximate surface area is 186 Å². The SMILES string of the molecule is CCOc1ccc(C(=O)CSc2nnc(N3CCOCC3)n2-c2cccc(C)c2)cc1. The van der Waals surface area contributed by atoms with Crippen LogP contribution in [0.3, 0.4) is 0 Å². The van der Waals surface area contributed by atoms with Crippen molar-refractivity contribution in [3.8, 4) is 11.4 Å². The van der Waals surface area contributed by atoms with E-state index in [4.69, 9.17) is 9.47 Å². The Bertz CT molecular complexity index is 1030. The van der Waals surface area contributed by atoms with Crippen LogP contribution < -0.4 is 9.64 Å². The van der Waals surface area contributed by atoms with E-state index in [0.29, 0.717) is 30.5 Å². The molecule has 0 aliphatic carbocycles. The first-order valence-corrected chi connectivity index (χ1v) is 11.4. The summed E-state index contributed by atoms with van der Waals surface area (Å²) in [5.74, 6) is 1.87. The number of aromatic nitrogens is 3. The molecule has 7 nitrogen and oxygen atoms in total. The molecule has 0 N–H and O–H groups in total. The molecule has 162 valence electrons. The molecule has 0 atom stereocenters. The number of rotatable bonds is 8. The van der Waals surface area contributed by atoms with Gasteiger partial charge in [-0.15, -0.1) is 10.2 Å². The van der Waals surface area contributed by atoms with Gasteiger partial charge in [0, 0.05) is 18.7 Å². The van der Waals surface area contributed by atoms with Crippen molar-refractivity contribution in [1.82, 2.24) is 14.8 Å². The lowest BCUT2D eigenvalue weighted by Gasteiger charge is -2.28. The zero-order valence-electron chi connectivity index (χ0n) is 17.8. The predicted octanol–water partition coefficient (Wildman–Crippen LogP) is 3.79. The highest BCUT2D eigenvalue weighted by Gasteiger charge is 2.22. The molecule has 2 aromatic carbocycles. The van der Waals surface area contributed by atoms with Gasteiger partial charge < -0.3 is 14.4 Å². The van der Waals surface area contributed by atoms with E-state index in [-0.39, 0.29) is 11.5 Å². The second-order valence-electron chi connectivity index (χ2n) is 7.23. The summed E-state index contributed by atoms with van der Waals surface area (Å²) in [6.45, 7) is 7.46. The highest BCUT2D eigenvalue weighted by Crippen LogP contribution is 2.28. The number of Topliss-reactive ketones (excluding diaryl/α,β-unsaturated/α-hetero) is 1. The van der Waals surface area contributed by atoms with Crippen molar-refractivity contribution < 1.29 is 14.3 Å². The molecule has 31 heavy (non-hydrogen) atoms. The normalized spacial score (nSPS) is 13.9. The second kappa shape index (κ2) is 9.98. The van der Waals surface area contributed by atoms with Crippen LogP contribution in [-0.2, 0) is 4.74 Å². The summed E-state index contributed by atoms with van der Waals surface area (Å²) in [6, 6.07) is 15.5. The molecule has 0 saturated carbocycles. The smallest absolute Gasteiger partial charge is 0.232 e. The van der Waals surface area contributed by atoms with E-state index in [1.807, 2.05) is 35.8 Å². The molecular weight excluding hydrogens is 412 g/mol. The molecule has 3 aromatic rings. The van der Waals surface area contributed by atoms with Gasteiger partial charge in [-0.25, -0.2) is 0 Å². The van der Waals surface area contributed by atoms with Gasteiger partial charge in [-0.05, 0) is 55.8 Å². The molecule has 0 spiro atoms. The quantitative estimate of drug-likeness (QED) is 0.391. The molecule has 0 amide bonds. The molecular formula is C23H26N4O3S. The van der Waals surface area contributed by atoms with Crippen LogP contribution in [0.4, 0.5) is 5.95 Å². The van der Waals surface area contributed by atoms with Gasteiger partial charge in [0.2, 0.25) is 5.95 Å². The lowest BCUT2D eigenvalue weighted by Crippen LogP contribution is -2.37. The van der Waals surface area contributed by atoms with Gasteiger partial charge in [0.15, 0.2) is 10.9 Å². The molecule has 1 saturated heterocycles. The summed E-state index contributed by atoms with van der Waals surface area (Å²) in [7, 11) is 0. The van der Waals surface area contributed by atoms with Crippen molar-refractivity contribution in [1.29, 1.82) is 0 Å². The first-order chi connectivity index (χ1) is 15.2. The lowest BCUT2D eigenvalue weighted by atomic mass is 10.1. The molecule has 0 unspecified atom stereocenters. The number of hydrogen-bond acceptors (Lipinski definition) is 7. The van der Waals surface area contributed by atoms with Gasteiger partial charge in [0.05, 0.1) is 31.3 Å². The van der Waals surface area contributed by atoms with Crippen molar-refractivity contribution in [3.05, 3.63) is 59.7 Å². The number of hydrogen-bond donors (Lipinski definition) is 0. The van der Waals surface area contributed by atoms with Gasteiger partial charge >= 0.3 is 0 Å². The topological polar surface area (TPSA) is 69.5 Å². The lowest BCUT2D eigenvalue weighted by molar-refractivity contribution is 0.102. The third-order valence-corrected chi connectivity index (χ3v) is 5.92. The number of carbonyl (C=O) groups is 1. The fourth-order valence-corrected chi connectivity index (χ4v) is 4.28. The molecule has 1 aromatic heterocycles. The first kappa shape index (κ1) is 21.4. The fraction of sp³-hybridized carbons (Fsp3) is 0.348. The number of carbonyl (C=O) groups excluding carboxylic acids is 1. The molecule has 8 heteroatoms. The number of morpholine rings is 1. The minimum absolute atomic E-state index is 0.0414. The van der Waals surface area contributed by atoms with E-state index in [1.54, 1.807) is 12.1 Å². The minimum atomic E-state index is 0.0414. The Morgan fingerprint density at radius 3 is 2.61 bits per heavy atom. The van der Waals surface area contributed by atoms with Crippen molar-refractivity contribution >= 4 is 23.5 Å². The van der Waals surface area contributed by atoms with Gasteiger partial charge in [-0.3, -0.25) is 9.36 Å². The summed E-state index contributed by atoms with van der Waals surface area (Å²) in [5.41, 5.74) is 2.80. The average molecular weight is 439 g/mol. The van der Waals surface area contributed by atoms with Crippen LogP contribution in [0.15, 0.2) is 53.7 Å². The maximum absolute atomic E-state index is 12.8. The Kier molecular flexibility index (Phi) is 6.89. The first-order valence-electron chi connectivity index (χ1n) is 10.4. The average Bonchev–Trinajstić information content (AvgIpc) is 3.23. The number of ether oxygens (including phenoxy) is 2. The van der Waals surface area contributed by atoms with Gasteiger partial charge in [0.1, 0.15) is 5.75 Å². The van der Waals surface area contributed by atoms with Crippen LogP contribution >= 0.6 is 11.8 Å². The Morgan fingerprint density at radius 1 is 1.13 bits per heavy atom. The fourth-order valence-electron chi connectivity index (χ4n) is 3.43. The van der Waals surface area contributed by atoms with E-state index in [9.17, 15) is 4.79 Å². The molecule has 1 fully saturated rings. The number of thioether (sulfide) groups is 1. The maximum Gasteiger partial charge on any atom is 0.232 e. The van der Waals surface area contributed by atoms with E-state index in [1.165, 1.54) is 11.8 Å². The molecule has 4 rings (SSSR count). The van der Waals surface area contributed by atoms with E-state index in [2.05, 4.69) is 34.2 Å². The summed E-state index contributed by atoms with van der Waals surface area (Å²) in [5, 5.41) is 9.59. The van der Waals surface area contributed by atoms with Crippen LogP contribution in [0.1, 0.15) is 22.8 Å². The zero-order chi connectivity index (χ0) is 21.6. The predicted molar refractivity (Wildman–Crippen MR) is 122 cm³/mol. The van der Waals surface area contributed by atoms with E-state index < -0.39 is 0 Å². The van der Waals surface area contributed by atoms with Gasteiger partial charge in [0.25, 0.3) is 0 Å². The zero-order valence-corrected chi connectivity index (χ0v) is 18.6. The van der Waals surface area contributed by atoms with Crippen molar-refractivity contribution in [2.75, 3.05) is 43.6 Å². The Balaban J connectivity index is 1.56. The summed E-state index contributed by atoms with van der Waals surface area (Å²) in [4.78, 5) is 14.9. The third kappa shape index (κ3) is 5.08. The van der Waals surface area contributed by atoms with Crippen LogP contribution in [0.5, 0.6) is 5.75 Å². The van der Waals surface area contributed by atoms with Crippen molar-refractivity contribution in [2.24, 2.45) is 0 Å². The van der Waals surface area contributed by atoms with Crippen LogP contribution in [0.25, 0.3) is 5.69 Å². The van der Waals surface area contributed by atoms with E-state index >= 15 is 0 Å². The summed E-state index contributed by atoms with van der Waals surface area (Å²) in [6.07, 6.45) is 0. The number of nitrogens with zero attached hydrogens (tertiary/aromatic N) is 4. The number of ketones is 1. The summed E-state index contributed by atoms with van der Waals surface area (Å²) >= 11 is 1.40. The number of benzene rings is 2. The molecule has 1 aliphatic rings. The van der Waals surface area contributed by atoms with Crippen LogP contribution in [0.2, 0.25) is 0 Å². The number of aryl methyl sites for hydroxylation is 1. The minimum Gasteiger partial charge on any atom is -0.494 e. The summed E-state index contributed by atoms with van der Waals surface area (Å²) < 4.78 is 13.0. The van der Waals surface area contributed by atoms with E-state index in [0.717, 1.165) is 36.0 Å². The second-order valence-corrected chi connectivity index (χ2v) is 8.17. The number of anilines is 1. The standard InChI is InChI=1S/C23H26N4O3S/c1-3-30-20-9-7-18(8-10-20)21(28)16-31-23-25-24-22(26-11-13-29-14-12-26)27(23)19-6-4-5-17(2)15-19/h4-10,15H,3,11-14,16H2,1-2H3. The van der Waals surface area contributed by atoms with Crippen molar-refractivity contribution in [2.45, 2.75) is 19.0 Å².